The highest BCUT2D eigenvalue weighted by atomic mass is 32.2. The van der Waals surface area contributed by atoms with Crippen molar-refractivity contribution in [2.75, 3.05) is 20.2 Å². The number of hydrogen-bond donors (Lipinski definition) is 1. The van der Waals surface area contributed by atoms with Crippen LogP contribution in [0.15, 0.2) is 53.4 Å². The van der Waals surface area contributed by atoms with E-state index in [1.807, 2.05) is 0 Å². The molecule has 1 heterocycles. The molecule has 0 aromatic heterocycles. The molecule has 15 heteroatoms. The van der Waals surface area contributed by atoms with E-state index < -0.39 is 68.4 Å². The van der Waals surface area contributed by atoms with Gasteiger partial charge in [0.15, 0.2) is 9.84 Å². The summed E-state index contributed by atoms with van der Waals surface area (Å²) < 4.78 is 126. The second-order valence-corrected chi connectivity index (χ2v) is 13.1. The van der Waals surface area contributed by atoms with Crippen LogP contribution in [0.2, 0.25) is 0 Å². The minimum Gasteiger partial charge on any atom is -0.497 e. The van der Waals surface area contributed by atoms with Crippen LogP contribution >= 0.6 is 0 Å². The Morgan fingerprint density at radius 2 is 1.37 bits per heavy atom. The van der Waals surface area contributed by atoms with Crippen LogP contribution in [0, 0.1) is 11.8 Å². The molecule has 1 atom stereocenters. The maximum Gasteiger partial charge on any atom is 0.435 e. The molecule has 2 fully saturated rings. The molecule has 1 aliphatic carbocycles. The van der Waals surface area contributed by atoms with Crippen molar-refractivity contribution in [3.63, 3.8) is 0 Å². The highest BCUT2D eigenvalue weighted by Gasteiger charge is 2.73. The van der Waals surface area contributed by atoms with E-state index in [9.17, 15) is 53.8 Å². The fraction of sp³-hybridized carbons (Fsp3) is 0.500. The van der Waals surface area contributed by atoms with Gasteiger partial charge in [0.2, 0.25) is 5.91 Å². The molecule has 1 saturated carbocycles. The summed E-state index contributed by atoms with van der Waals surface area (Å²) in [6.07, 6.45) is -11.9. The molecule has 7 nitrogen and oxygen atoms in total. The van der Waals surface area contributed by atoms with E-state index in [0.29, 0.717) is 17.9 Å². The number of carbonyl (C=O) groups is 2. The van der Waals surface area contributed by atoms with Crippen molar-refractivity contribution in [2.45, 2.75) is 59.8 Å². The number of carboxylic acids is 1. The van der Waals surface area contributed by atoms with E-state index in [1.54, 1.807) is 0 Å². The normalized spacial score (nSPS) is 23.7. The Kier molecular flexibility index (Phi) is 8.55. The third-order valence-corrected chi connectivity index (χ3v) is 10.9. The molecular weight excluding hydrogens is 611 g/mol. The Morgan fingerprint density at radius 1 is 0.860 bits per heavy atom. The lowest BCUT2D eigenvalue weighted by molar-refractivity contribution is -0.348. The molecule has 1 unspecified atom stereocenters. The molecular formula is C28H28F7NO6S. The summed E-state index contributed by atoms with van der Waals surface area (Å²) in [5, 5.41) is 9.24. The molecule has 0 spiro atoms. The summed E-state index contributed by atoms with van der Waals surface area (Å²) in [6.45, 7) is -0.579. The number of likely N-dealkylation sites (tertiary alicyclic amines) is 1. The Labute approximate surface area is 242 Å². The summed E-state index contributed by atoms with van der Waals surface area (Å²) >= 11 is 0. The van der Waals surface area contributed by atoms with Gasteiger partial charge in [0.25, 0.3) is 0 Å². The largest absolute Gasteiger partial charge is 0.497 e. The number of benzene rings is 2. The van der Waals surface area contributed by atoms with Crippen molar-refractivity contribution in [1.82, 2.24) is 4.90 Å². The van der Waals surface area contributed by atoms with Gasteiger partial charge in [-0.25, -0.2) is 12.8 Å². The van der Waals surface area contributed by atoms with E-state index in [4.69, 9.17) is 4.74 Å². The predicted octanol–water partition coefficient (Wildman–Crippen LogP) is 5.78. The zero-order chi connectivity index (χ0) is 32.0. The predicted molar refractivity (Wildman–Crippen MR) is 137 cm³/mol. The van der Waals surface area contributed by atoms with Gasteiger partial charge in [0.1, 0.15) is 10.5 Å². The molecule has 1 aliphatic heterocycles. The molecule has 2 aromatic rings. The molecule has 2 aliphatic rings. The number of carboxylic acid groups (broad SMARTS) is 1. The molecule has 4 rings (SSSR count). The zero-order valence-corrected chi connectivity index (χ0v) is 23.5. The Hall–Kier alpha value is -3.36. The zero-order valence-electron chi connectivity index (χ0n) is 22.7. The second-order valence-electron chi connectivity index (χ2n) is 10.8. The summed E-state index contributed by atoms with van der Waals surface area (Å²) in [6, 6.07) is 7.11. The smallest absolute Gasteiger partial charge is 0.435 e. The summed E-state index contributed by atoms with van der Waals surface area (Å²) in [4.78, 5) is 25.7. The van der Waals surface area contributed by atoms with Gasteiger partial charge in [-0.3, -0.25) is 9.59 Å². The van der Waals surface area contributed by atoms with Gasteiger partial charge >= 0.3 is 24.0 Å². The average Bonchev–Trinajstić information content (AvgIpc) is 3.43. The van der Waals surface area contributed by atoms with E-state index >= 15 is 0 Å². The number of aliphatic carboxylic acids is 1. The number of alkyl halides is 7. The number of hydrogen-bond acceptors (Lipinski definition) is 5. The summed E-state index contributed by atoms with van der Waals surface area (Å²) in [5.74, 6) is -2.27. The molecule has 1 saturated heterocycles. The number of sulfone groups is 1. The summed E-state index contributed by atoms with van der Waals surface area (Å²) in [7, 11) is -3.12. The van der Waals surface area contributed by atoms with Crippen LogP contribution in [0.25, 0.3) is 0 Å². The maximum atomic E-state index is 14.7. The number of amides is 1. The van der Waals surface area contributed by atoms with Gasteiger partial charge in [-0.15, -0.1) is 0 Å². The fourth-order valence-corrected chi connectivity index (χ4v) is 7.98. The van der Waals surface area contributed by atoms with Gasteiger partial charge in [-0.2, -0.15) is 26.3 Å². The molecule has 0 radical (unpaired) electrons. The van der Waals surface area contributed by atoms with Crippen molar-refractivity contribution < 1.29 is 58.6 Å². The molecule has 236 valence electrons. The number of halogens is 7. The van der Waals surface area contributed by atoms with Crippen molar-refractivity contribution in [1.29, 1.82) is 0 Å². The van der Waals surface area contributed by atoms with E-state index in [0.717, 1.165) is 0 Å². The second kappa shape index (κ2) is 11.3. The number of methoxy groups -OCH3 is 1. The van der Waals surface area contributed by atoms with Gasteiger partial charge in [0.05, 0.1) is 17.9 Å². The maximum absolute atomic E-state index is 14.7. The highest BCUT2D eigenvalue weighted by Crippen LogP contribution is 2.54. The van der Waals surface area contributed by atoms with Crippen LogP contribution in [-0.4, -0.2) is 62.9 Å². The number of nitrogens with zero attached hydrogens (tertiary/aromatic N) is 1. The van der Waals surface area contributed by atoms with E-state index in [2.05, 4.69) is 0 Å². The minimum atomic E-state index is -6.35. The lowest BCUT2D eigenvalue weighted by atomic mass is 9.81. The fourth-order valence-electron chi connectivity index (χ4n) is 5.90. The van der Waals surface area contributed by atoms with Crippen molar-refractivity contribution in [3.05, 3.63) is 59.7 Å². The third kappa shape index (κ3) is 5.55. The standard InChI is InChI=1S/C28H28F7NO6S/c1-42-21-10-12-22(13-11-21)43(40,41)25(14-15-36(16-25)23(37)17-2-4-18(5-3-17)24(38)39)19-6-8-20(9-7-19)26(29,27(30,31)32)28(33,34)35/h6-13,17-18H,2-5,14-16H2,1H3,(H,38,39). The van der Waals surface area contributed by atoms with Crippen LogP contribution < -0.4 is 4.74 Å². The van der Waals surface area contributed by atoms with Crippen LogP contribution in [0.3, 0.4) is 0 Å². The number of ether oxygens (including phenoxy) is 1. The first-order valence-electron chi connectivity index (χ1n) is 13.2. The van der Waals surface area contributed by atoms with Gasteiger partial charge in [-0.05, 0) is 61.9 Å². The van der Waals surface area contributed by atoms with Gasteiger partial charge in [0, 0.05) is 24.6 Å². The van der Waals surface area contributed by atoms with Gasteiger partial charge in [-0.1, -0.05) is 24.3 Å². The van der Waals surface area contributed by atoms with Crippen LogP contribution in [-0.2, 0) is 29.8 Å². The van der Waals surface area contributed by atoms with Crippen molar-refractivity contribution in [2.24, 2.45) is 11.8 Å². The average molecular weight is 640 g/mol. The molecule has 1 N–H and O–H groups in total. The Balaban J connectivity index is 1.75. The first-order chi connectivity index (χ1) is 19.9. The molecule has 43 heavy (non-hydrogen) atoms. The van der Waals surface area contributed by atoms with E-state index in [-0.39, 0.29) is 61.2 Å². The monoisotopic (exact) mass is 639 g/mol. The minimum absolute atomic E-state index is 0.104. The van der Waals surface area contributed by atoms with E-state index in [1.165, 1.54) is 36.3 Å². The van der Waals surface area contributed by atoms with Crippen LogP contribution in [0.5, 0.6) is 5.75 Å². The number of rotatable bonds is 7. The van der Waals surface area contributed by atoms with Gasteiger partial charge < -0.3 is 14.7 Å². The molecule has 2 aromatic carbocycles. The topological polar surface area (TPSA) is 101 Å². The Bertz CT molecular complexity index is 1440. The number of carbonyl (C=O) groups excluding carboxylic acids is 1. The Morgan fingerprint density at radius 3 is 1.84 bits per heavy atom. The third-order valence-electron chi connectivity index (χ3n) is 8.44. The SMILES string of the molecule is COc1ccc(S(=O)(=O)C2(c3ccc(C(F)(C(F)(F)F)C(F)(F)F)cc3)CCN(C(=O)C3CCC(C(=O)O)CC3)C2)cc1. The highest BCUT2D eigenvalue weighted by molar-refractivity contribution is 7.92. The molecule has 0 bridgehead atoms. The van der Waals surface area contributed by atoms with Crippen molar-refractivity contribution >= 4 is 21.7 Å². The lowest BCUT2D eigenvalue weighted by Gasteiger charge is -2.33. The first kappa shape index (κ1) is 32.6. The van der Waals surface area contributed by atoms with Crippen molar-refractivity contribution in [3.8, 4) is 5.75 Å². The van der Waals surface area contributed by atoms with Crippen LogP contribution in [0.1, 0.15) is 43.2 Å². The molecule has 1 amide bonds. The first-order valence-corrected chi connectivity index (χ1v) is 14.7. The quantitative estimate of drug-likeness (QED) is 0.386. The summed E-state index contributed by atoms with van der Waals surface area (Å²) in [5.41, 5.74) is -7.69. The van der Waals surface area contributed by atoms with Crippen LogP contribution in [0.4, 0.5) is 30.7 Å². The lowest BCUT2D eigenvalue weighted by Crippen LogP contribution is -2.50.